The first-order valence-corrected chi connectivity index (χ1v) is 15.3. The summed E-state index contributed by atoms with van der Waals surface area (Å²) in [5.74, 6) is 0. The van der Waals surface area contributed by atoms with Gasteiger partial charge in [0.2, 0.25) is 0 Å². The van der Waals surface area contributed by atoms with Crippen LogP contribution in [0.25, 0.3) is 6.08 Å². The SMILES string of the molecule is C=Cc1cccc(C[N+](CCCCCCCC)(CCCCCCCC)CCCCCCCC)c1.[Cl-]. The van der Waals surface area contributed by atoms with Gasteiger partial charge in [-0.25, -0.2) is 0 Å². The van der Waals surface area contributed by atoms with E-state index >= 15 is 0 Å². The molecule has 204 valence electrons. The second-order valence-corrected chi connectivity index (χ2v) is 10.9. The monoisotopic (exact) mass is 505 g/mol. The van der Waals surface area contributed by atoms with E-state index in [1.54, 1.807) is 0 Å². The molecule has 0 radical (unpaired) electrons. The predicted octanol–water partition coefficient (Wildman–Crippen LogP) is 7.73. The number of nitrogens with zero attached hydrogens (tertiary/aromatic N) is 1. The maximum atomic E-state index is 4.02. The minimum atomic E-state index is 0. The summed E-state index contributed by atoms with van der Waals surface area (Å²) in [7, 11) is 0. The van der Waals surface area contributed by atoms with Gasteiger partial charge in [-0.15, -0.1) is 0 Å². The molecule has 1 rings (SSSR count). The van der Waals surface area contributed by atoms with E-state index < -0.39 is 0 Å². The summed E-state index contributed by atoms with van der Waals surface area (Å²) in [6.45, 7) is 16.3. The van der Waals surface area contributed by atoms with E-state index in [1.165, 1.54) is 157 Å². The second-order valence-electron chi connectivity index (χ2n) is 10.9. The van der Waals surface area contributed by atoms with E-state index in [-0.39, 0.29) is 12.4 Å². The molecule has 0 saturated carbocycles. The minimum absolute atomic E-state index is 0. The second kappa shape index (κ2) is 23.6. The molecule has 1 nitrogen and oxygen atoms in total. The molecule has 35 heavy (non-hydrogen) atoms. The molecule has 1 aromatic carbocycles. The van der Waals surface area contributed by atoms with Crippen LogP contribution in [0.1, 0.15) is 147 Å². The third-order valence-electron chi connectivity index (χ3n) is 7.66. The van der Waals surface area contributed by atoms with Crippen LogP contribution in [0.2, 0.25) is 0 Å². The van der Waals surface area contributed by atoms with Gasteiger partial charge in [0.1, 0.15) is 6.54 Å². The average Bonchev–Trinajstić information content (AvgIpc) is 2.85. The molecule has 0 N–H and O–H groups in total. The van der Waals surface area contributed by atoms with Crippen molar-refractivity contribution in [3.8, 4) is 0 Å². The highest BCUT2D eigenvalue weighted by molar-refractivity contribution is 5.47. The Morgan fingerprint density at radius 1 is 0.600 bits per heavy atom. The zero-order valence-electron chi connectivity index (χ0n) is 24.0. The van der Waals surface area contributed by atoms with E-state index in [4.69, 9.17) is 0 Å². The lowest BCUT2D eigenvalue weighted by Gasteiger charge is -2.40. The Balaban J connectivity index is 0.0000116. The molecule has 0 aliphatic rings. The number of halogens is 1. The quantitative estimate of drug-likeness (QED) is 0.0995. The van der Waals surface area contributed by atoms with Crippen molar-refractivity contribution in [3.63, 3.8) is 0 Å². The van der Waals surface area contributed by atoms with Gasteiger partial charge in [-0.2, -0.15) is 0 Å². The minimum Gasteiger partial charge on any atom is -1.00 e. The molecule has 0 aliphatic carbocycles. The van der Waals surface area contributed by atoms with Gasteiger partial charge in [-0.1, -0.05) is 129 Å². The Morgan fingerprint density at radius 3 is 1.40 bits per heavy atom. The number of quaternary nitrogens is 1. The van der Waals surface area contributed by atoms with Crippen LogP contribution in [-0.4, -0.2) is 24.1 Å². The van der Waals surface area contributed by atoms with Crippen molar-refractivity contribution in [2.75, 3.05) is 19.6 Å². The van der Waals surface area contributed by atoms with E-state index in [0.717, 1.165) is 0 Å². The number of benzene rings is 1. The summed E-state index contributed by atoms with van der Waals surface area (Å²) in [6.07, 6.45) is 27.2. The molecule has 0 spiro atoms. The van der Waals surface area contributed by atoms with E-state index in [1.807, 2.05) is 6.08 Å². The first-order chi connectivity index (χ1) is 16.7. The number of hydrogen-bond acceptors (Lipinski definition) is 0. The molecular weight excluding hydrogens is 446 g/mol. The highest BCUT2D eigenvalue weighted by Gasteiger charge is 2.27. The van der Waals surface area contributed by atoms with Gasteiger partial charge in [-0.3, -0.25) is 0 Å². The number of unbranched alkanes of at least 4 members (excludes halogenated alkanes) is 15. The molecule has 0 atom stereocenters. The lowest BCUT2D eigenvalue weighted by Crippen LogP contribution is -3.00. The molecule has 0 aliphatic heterocycles. The van der Waals surface area contributed by atoms with Crippen molar-refractivity contribution in [1.29, 1.82) is 0 Å². The van der Waals surface area contributed by atoms with Crippen molar-refractivity contribution >= 4 is 6.08 Å². The van der Waals surface area contributed by atoms with E-state index in [9.17, 15) is 0 Å². The van der Waals surface area contributed by atoms with Crippen LogP contribution >= 0.6 is 0 Å². The van der Waals surface area contributed by atoms with Crippen molar-refractivity contribution in [2.24, 2.45) is 0 Å². The summed E-state index contributed by atoms with van der Waals surface area (Å²) in [5, 5.41) is 0. The van der Waals surface area contributed by atoms with Crippen LogP contribution in [0.4, 0.5) is 0 Å². The fourth-order valence-electron chi connectivity index (χ4n) is 5.46. The van der Waals surface area contributed by atoms with Gasteiger partial charge in [0.25, 0.3) is 0 Å². The number of rotatable bonds is 24. The van der Waals surface area contributed by atoms with Crippen LogP contribution in [0, 0.1) is 0 Å². The molecule has 1 aromatic rings. The van der Waals surface area contributed by atoms with Gasteiger partial charge in [0.15, 0.2) is 0 Å². The Kier molecular flexibility index (Phi) is 23.1. The van der Waals surface area contributed by atoms with E-state index in [2.05, 4.69) is 51.6 Å². The smallest absolute Gasteiger partial charge is 0.104 e. The lowest BCUT2D eigenvalue weighted by atomic mass is 10.0. The molecule has 0 amide bonds. The molecule has 2 heteroatoms. The summed E-state index contributed by atoms with van der Waals surface area (Å²) in [6, 6.07) is 9.19. The molecule has 0 unspecified atom stereocenters. The predicted molar refractivity (Wildman–Crippen MR) is 155 cm³/mol. The van der Waals surface area contributed by atoms with Crippen molar-refractivity contribution < 1.29 is 16.9 Å². The summed E-state index contributed by atoms with van der Waals surface area (Å²) in [4.78, 5) is 0. The molecule has 0 saturated heterocycles. The van der Waals surface area contributed by atoms with Gasteiger partial charge < -0.3 is 16.9 Å². The standard InChI is InChI=1S/C33H60N.ClH/c1-5-9-12-15-18-21-27-34(28-22-19-16-13-10-6-2,29-23-20-17-14-11-7-3)31-33-26-24-25-32(8-4)30-33;/h8,24-26,30H,4-7,9-23,27-29,31H2,1-3H3;1H/q+1;/p-1. The third kappa shape index (κ3) is 17.3. The van der Waals surface area contributed by atoms with Crippen LogP contribution in [0.5, 0.6) is 0 Å². The maximum Gasteiger partial charge on any atom is 0.104 e. The van der Waals surface area contributed by atoms with Crippen molar-refractivity contribution in [3.05, 3.63) is 42.0 Å². The summed E-state index contributed by atoms with van der Waals surface area (Å²) < 4.78 is 1.32. The fourth-order valence-corrected chi connectivity index (χ4v) is 5.46. The Labute approximate surface area is 227 Å². The van der Waals surface area contributed by atoms with Crippen LogP contribution in [-0.2, 0) is 6.54 Å². The molecule has 0 fully saturated rings. The Morgan fingerprint density at radius 2 is 1.00 bits per heavy atom. The van der Waals surface area contributed by atoms with Crippen LogP contribution < -0.4 is 12.4 Å². The van der Waals surface area contributed by atoms with Crippen molar-refractivity contribution in [1.82, 2.24) is 0 Å². The van der Waals surface area contributed by atoms with Gasteiger partial charge in [0.05, 0.1) is 19.6 Å². The molecular formula is C33H60ClN. The first-order valence-electron chi connectivity index (χ1n) is 15.3. The summed E-state index contributed by atoms with van der Waals surface area (Å²) in [5.41, 5.74) is 2.79. The van der Waals surface area contributed by atoms with Gasteiger partial charge in [-0.05, 0) is 50.2 Å². The third-order valence-corrected chi connectivity index (χ3v) is 7.66. The largest absolute Gasteiger partial charge is 1.00 e. The number of hydrogen-bond donors (Lipinski definition) is 0. The lowest BCUT2D eigenvalue weighted by molar-refractivity contribution is -0.941. The highest BCUT2D eigenvalue weighted by atomic mass is 35.5. The molecule has 0 aromatic heterocycles. The zero-order valence-corrected chi connectivity index (χ0v) is 24.7. The average molecular weight is 506 g/mol. The zero-order chi connectivity index (χ0) is 24.7. The van der Waals surface area contributed by atoms with Gasteiger partial charge >= 0.3 is 0 Å². The normalized spacial score (nSPS) is 11.4. The first kappa shape index (κ1) is 34.2. The topological polar surface area (TPSA) is 0 Å². The van der Waals surface area contributed by atoms with Gasteiger partial charge in [0, 0.05) is 5.56 Å². The maximum absolute atomic E-state index is 4.02. The Hall–Kier alpha value is -0.790. The molecule has 0 heterocycles. The summed E-state index contributed by atoms with van der Waals surface area (Å²) >= 11 is 0. The van der Waals surface area contributed by atoms with Crippen molar-refractivity contribution in [2.45, 2.75) is 143 Å². The van der Waals surface area contributed by atoms with Crippen LogP contribution in [0.3, 0.4) is 0 Å². The van der Waals surface area contributed by atoms with Crippen LogP contribution in [0.15, 0.2) is 30.8 Å². The Bertz CT molecular complexity index is 556. The fraction of sp³-hybridized carbons (Fsp3) is 0.758. The molecule has 0 bridgehead atoms. The highest BCUT2D eigenvalue weighted by Crippen LogP contribution is 2.23. The van der Waals surface area contributed by atoms with E-state index in [0.29, 0.717) is 0 Å².